The average molecular weight is 330 g/mol. The fraction of sp³-hybridized carbons (Fsp3) is 0.250. The van der Waals surface area contributed by atoms with Crippen molar-refractivity contribution in [3.8, 4) is 11.3 Å². The SMILES string of the molecule is CCCc1c(C(=O)O)c(=O)cc(-c2ccc(Cl)cc2)n1C.[H-].[Na+]. The fourth-order valence-corrected chi connectivity index (χ4v) is 2.53. The van der Waals surface area contributed by atoms with Crippen molar-refractivity contribution >= 4 is 17.6 Å². The Hall–Kier alpha value is -1.07. The molecule has 0 aliphatic rings. The maximum absolute atomic E-state index is 12.1. The molecule has 2 rings (SSSR count). The number of rotatable bonds is 4. The van der Waals surface area contributed by atoms with Crippen LogP contribution in [-0.2, 0) is 13.5 Å². The van der Waals surface area contributed by atoms with Gasteiger partial charge in [0.15, 0.2) is 5.43 Å². The van der Waals surface area contributed by atoms with Gasteiger partial charge in [-0.15, -0.1) is 0 Å². The van der Waals surface area contributed by atoms with Crippen molar-refractivity contribution in [2.75, 3.05) is 0 Å². The van der Waals surface area contributed by atoms with E-state index < -0.39 is 11.4 Å². The van der Waals surface area contributed by atoms with Crippen LogP contribution >= 0.6 is 11.6 Å². The molecule has 0 amide bonds. The van der Waals surface area contributed by atoms with Gasteiger partial charge in [0.1, 0.15) is 5.56 Å². The molecule has 22 heavy (non-hydrogen) atoms. The zero-order chi connectivity index (χ0) is 15.6. The molecule has 1 aromatic carbocycles. The van der Waals surface area contributed by atoms with Crippen molar-refractivity contribution in [2.24, 2.45) is 7.05 Å². The van der Waals surface area contributed by atoms with Gasteiger partial charge in [-0.2, -0.15) is 0 Å². The minimum absolute atomic E-state index is 0. The van der Waals surface area contributed by atoms with E-state index in [1.807, 2.05) is 19.1 Å². The first-order valence-corrected chi connectivity index (χ1v) is 7.05. The van der Waals surface area contributed by atoms with E-state index >= 15 is 0 Å². The average Bonchev–Trinajstić information content (AvgIpc) is 2.43. The third-order valence-electron chi connectivity index (χ3n) is 3.41. The van der Waals surface area contributed by atoms with Gasteiger partial charge in [0, 0.05) is 23.8 Å². The molecule has 4 nitrogen and oxygen atoms in total. The molecule has 0 saturated carbocycles. The van der Waals surface area contributed by atoms with Gasteiger partial charge < -0.3 is 11.1 Å². The van der Waals surface area contributed by atoms with Gasteiger partial charge in [-0.25, -0.2) is 4.79 Å². The summed E-state index contributed by atoms with van der Waals surface area (Å²) >= 11 is 5.87. The normalized spacial score (nSPS) is 10.1. The van der Waals surface area contributed by atoms with Crippen molar-refractivity contribution in [1.82, 2.24) is 4.57 Å². The standard InChI is InChI=1S/C16H16ClNO3.Na.H/c1-3-4-12-15(16(20)21)14(19)9-13(18(12)2)10-5-7-11(17)8-6-10;;/h5-9H,3-4H2,1-2H3,(H,20,21);;/q;+1;-1. The Balaban J connectivity index is 0.00000242. The zero-order valence-corrected chi connectivity index (χ0v) is 15.6. The summed E-state index contributed by atoms with van der Waals surface area (Å²) < 4.78 is 1.78. The summed E-state index contributed by atoms with van der Waals surface area (Å²) in [5, 5.41) is 9.88. The van der Waals surface area contributed by atoms with Crippen LogP contribution in [0.15, 0.2) is 35.1 Å². The number of aromatic nitrogens is 1. The third kappa shape index (κ3) is 3.82. The third-order valence-corrected chi connectivity index (χ3v) is 3.66. The smallest absolute Gasteiger partial charge is 1.00 e. The van der Waals surface area contributed by atoms with Crippen LogP contribution in [0.1, 0.15) is 30.8 Å². The molecule has 0 aliphatic carbocycles. The van der Waals surface area contributed by atoms with E-state index in [4.69, 9.17) is 11.6 Å². The van der Waals surface area contributed by atoms with Gasteiger partial charge in [-0.05, 0) is 24.1 Å². The number of carboxylic acids is 1. The van der Waals surface area contributed by atoms with E-state index in [1.165, 1.54) is 6.07 Å². The number of aromatic carboxylic acids is 1. The monoisotopic (exact) mass is 329 g/mol. The van der Waals surface area contributed by atoms with Crippen LogP contribution < -0.4 is 35.0 Å². The second-order valence-electron chi connectivity index (χ2n) is 4.84. The van der Waals surface area contributed by atoms with Crippen LogP contribution in [0, 0.1) is 0 Å². The molecule has 1 N–H and O–H groups in total. The predicted octanol–water partition coefficient (Wildman–Crippen LogP) is 0.473. The Bertz CT molecular complexity index is 744. The van der Waals surface area contributed by atoms with E-state index in [-0.39, 0.29) is 36.5 Å². The molecule has 0 spiro atoms. The summed E-state index contributed by atoms with van der Waals surface area (Å²) in [6.07, 6.45) is 1.30. The second-order valence-corrected chi connectivity index (χ2v) is 5.27. The van der Waals surface area contributed by atoms with Crippen LogP contribution in [-0.4, -0.2) is 15.6 Å². The summed E-state index contributed by atoms with van der Waals surface area (Å²) in [4.78, 5) is 23.5. The molecule has 0 radical (unpaired) electrons. The number of halogens is 1. The van der Waals surface area contributed by atoms with Gasteiger partial charge >= 0.3 is 35.5 Å². The Labute approximate surface area is 157 Å². The molecular formula is C16H17ClNNaO3. The van der Waals surface area contributed by atoms with Gasteiger partial charge in [-0.1, -0.05) is 37.1 Å². The Morgan fingerprint density at radius 2 is 1.91 bits per heavy atom. The minimum Gasteiger partial charge on any atom is -1.00 e. The molecule has 1 aromatic heterocycles. The number of hydrogen-bond acceptors (Lipinski definition) is 2. The van der Waals surface area contributed by atoms with Gasteiger partial charge in [0.05, 0.1) is 5.69 Å². The molecule has 0 fully saturated rings. The first kappa shape index (κ1) is 19.0. The van der Waals surface area contributed by atoms with Crippen molar-refractivity contribution in [3.05, 3.63) is 56.8 Å². The van der Waals surface area contributed by atoms with Crippen LogP contribution in [0.25, 0.3) is 11.3 Å². The Kier molecular flexibility index (Phi) is 6.88. The number of benzene rings is 1. The summed E-state index contributed by atoms with van der Waals surface area (Å²) in [6, 6.07) is 8.48. The summed E-state index contributed by atoms with van der Waals surface area (Å²) in [5.74, 6) is -1.18. The van der Waals surface area contributed by atoms with Crippen LogP contribution in [0.5, 0.6) is 0 Å². The van der Waals surface area contributed by atoms with Crippen molar-refractivity contribution in [1.29, 1.82) is 0 Å². The molecule has 1 heterocycles. The van der Waals surface area contributed by atoms with Gasteiger partial charge in [0.25, 0.3) is 0 Å². The molecule has 0 aliphatic heterocycles. The fourth-order valence-electron chi connectivity index (χ4n) is 2.40. The number of carbonyl (C=O) groups is 1. The van der Waals surface area contributed by atoms with E-state index in [2.05, 4.69) is 0 Å². The number of nitrogens with zero attached hydrogens (tertiary/aromatic N) is 1. The van der Waals surface area contributed by atoms with Gasteiger partial charge in [0.2, 0.25) is 0 Å². The van der Waals surface area contributed by atoms with Crippen molar-refractivity contribution < 1.29 is 40.9 Å². The maximum atomic E-state index is 12.1. The Morgan fingerprint density at radius 1 is 1.32 bits per heavy atom. The van der Waals surface area contributed by atoms with E-state index in [9.17, 15) is 14.7 Å². The molecular weight excluding hydrogens is 313 g/mol. The summed E-state index contributed by atoms with van der Waals surface area (Å²) in [5.41, 5.74) is 1.45. The second kappa shape index (κ2) is 7.97. The summed E-state index contributed by atoms with van der Waals surface area (Å²) in [7, 11) is 1.78. The molecule has 112 valence electrons. The number of pyridine rings is 1. The molecule has 0 bridgehead atoms. The van der Waals surface area contributed by atoms with Gasteiger partial charge in [-0.3, -0.25) is 4.79 Å². The first-order chi connectivity index (χ1) is 9.95. The van der Waals surface area contributed by atoms with Crippen LogP contribution in [0.2, 0.25) is 5.02 Å². The zero-order valence-electron chi connectivity index (χ0n) is 13.9. The topological polar surface area (TPSA) is 59.3 Å². The van der Waals surface area contributed by atoms with E-state index in [0.29, 0.717) is 22.8 Å². The molecule has 0 saturated heterocycles. The quantitative estimate of drug-likeness (QED) is 0.830. The van der Waals surface area contributed by atoms with Crippen molar-refractivity contribution in [2.45, 2.75) is 19.8 Å². The number of carboxylic acid groups (broad SMARTS) is 1. The number of hydrogen-bond donors (Lipinski definition) is 1. The van der Waals surface area contributed by atoms with Crippen LogP contribution in [0.3, 0.4) is 0 Å². The van der Waals surface area contributed by atoms with E-state index in [0.717, 1.165) is 12.0 Å². The molecule has 2 aromatic rings. The molecule has 6 heteroatoms. The van der Waals surface area contributed by atoms with E-state index in [1.54, 1.807) is 23.7 Å². The predicted molar refractivity (Wildman–Crippen MR) is 84.2 cm³/mol. The first-order valence-electron chi connectivity index (χ1n) is 6.67. The Morgan fingerprint density at radius 3 is 2.41 bits per heavy atom. The summed E-state index contributed by atoms with van der Waals surface area (Å²) in [6.45, 7) is 1.95. The molecule has 0 atom stereocenters. The minimum atomic E-state index is -1.18. The largest absolute Gasteiger partial charge is 1.00 e. The van der Waals surface area contributed by atoms with Crippen LogP contribution in [0.4, 0.5) is 0 Å². The maximum Gasteiger partial charge on any atom is 1.00 e. The molecule has 0 unspecified atom stereocenters. The van der Waals surface area contributed by atoms with Crippen molar-refractivity contribution in [3.63, 3.8) is 0 Å².